The van der Waals surface area contributed by atoms with Gasteiger partial charge in [0.2, 0.25) is 0 Å². The number of aryl methyl sites for hydroxylation is 1. The van der Waals surface area contributed by atoms with E-state index in [1.54, 1.807) is 0 Å². The fourth-order valence-corrected chi connectivity index (χ4v) is 2.87. The number of nitrogens with two attached hydrogens (primary N) is 1. The third-order valence-corrected chi connectivity index (χ3v) is 3.70. The molecule has 0 amide bonds. The number of benzene rings is 1. The van der Waals surface area contributed by atoms with Crippen LogP contribution in [0.4, 0.5) is 5.69 Å². The highest BCUT2D eigenvalue weighted by Crippen LogP contribution is 2.36. The van der Waals surface area contributed by atoms with Crippen molar-refractivity contribution in [2.75, 3.05) is 32.0 Å². The first-order valence-electron chi connectivity index (χ1n) is 6.05. The maximum absolute atomic E-state index is 5.88. The Bertz CT molecular complexity index is 386. The fraction of sp³-hybridized carbons (Fsp3) is 0.538. The molecule has 2 aliphatic rings. The standard InChI is InChI=1S/C13H18N2O/c14-11-3-1-10-2-4-13(12(10)9-11)15-5-7-16-8-6-15/h1,3,9,13H,2,4-8,14H2. The highest BCUT2D eigenvalue weighted by atomic mass is 16.5. The Kier molecular flexibility index (Phi) is 2.58. The average molecular weight is 218 g/mol. The van der Waals surface area contributed by atoms with Gasteiger partial charge < -0.3 is 10.5 Å². The first-order chi connectivity index (χ1) is 7.84. The summed E-state index contributed by atoms with van der Waals surface area (Å²) >= 11 is 0. The molecule has 3 nitrogen and oxygen atoms in total. The Morgan fingerprint density at radius 2 is 2.06 bits per heavy atom. The van der Waals surface area contributed by atoms with Crippen LogP contribution in [-0.2, 0) is 11.2 Å². The van der Waals surface area contributed by atoms with Crippen LogP contribution >= 0.6 is 0 Å². The summed E-state index contributed by atoms with van der Waals surface area (Å²) in [5, 5.41) is 0. The third-order valence-electron chi connectivity index (χ3n) is 3.70. The minimum Gasteiger partial charge on any atom is -0.399 e. The van der Waals surface area contributed by atoms with Gasteiger partial charge in [0.25, 0.3) is 0 Å². The van der Waals surface area contributed by atoms with Gasteiger partial charge in [0.15, 0.2) is 0 Å². The van der Waals surface area contributed by atoms with Crippen molar-refractivity contribution in [3.05, 3.63) is 29.3 Å². The lowest BCUT2D eigenvalue weighted by molar-refractivity contribution is 0.0164. The Hall–Kier alpha value is -1.06. The molecule has 1 saturated heterocycles. The molecule has 1 unspecified atom stereocenters. The number of rotatable bonds is 1. The largest absolute Gasteiger partial charge is 0.399 e. The highest BCUT2D eigenvalue weighted by molar-refractivity contribution is 5.48. The number of morpholine rings is 1. The van der Waals surface area contributed by atoms with E-state index in [4.69, 9.17) is 10.5 Å². The average Bonchev–Trinajstić information content (AvgIpc) is 2.73. The molecule has 0 spiro atoms. The van der Waals surface area contributed by atoms with E-state index in [0.29, 0.717) is 6.04 Å². The molecule has 0 aromatic heterocycles. The second-order valence-electron chi connectivity index (χ2n) is 4.66. The topological polar surface area (TPSA) is 38.5 Å². The molecule has 3 rings (SSSR count). The molecule has 0 radical (unpaired) electrons. The molecule has 86 valence electrons. The Labute approximate surface area is 96.2 Å². The van der Waals surface area contributed by atoms with Gasteiger partial charge in [0.1, 0.15) is 0 Å². The quantitative estimate of drug-likeness (QED) is 0.727. The number of fused-ring (bicyclic) bond motifs is 1. The molecule has 2 N–H and O–H groups in total. The molecule has 1 aromatic rings. The minimum atomic E-state index is 0.572. The van der Waals surface area contributed by atoms with E-state index in [0.717, 1.165) is 32.0 Å². The van der Waals surface area contributed by atoms with E-state index in [1.165, 1.54) is 24.0 Å². The van der Waals surface area contributed by atoms with Crippen molar-refractivity contribution in [2.24, 2.45) is 0 Å². The monoisotopic (exact) mass is 218 g/mol. The first-order valence-corrected chi connectivity index (χ1v) is 6.05. The molecule has 1 aromatic carbocycles. The lowest BCUT2D eigenvalue weighted by Gasteiger charge is -2.32. The third kappa shape index (κ3) is 1.70. The van der Waals surface area contributed by atoms with E-state index >= 15 is 0 Å². The smallest absolute Gasteiger partial charge is 0.0594 e. The van der Waals surface area contributed by atoms with Crippen LogP contribution < -0.4 is 5.73 Å². The van der Waals surface area contributed by atoms with Gasteiger partial charge in [-0.2, -0.15) is 0 Å². The highest BCUT2D eigenvalue weighted by Gasteiger charge is 2.28. The molecule has 0 saturated carbocycles. The second kappa shape index (κ2) is 4.07. The van der Waals surface area contributed by atoms with Crippen molar-refractivity contribution in [1.82, 2.24) is 4.90 Å². The zero-order valence-corrected chi connectivity index (χ0v) is 9.48. The molecule has 1 heterocycles. The van der Waals surface area contributed by atoms with E-state index in [1.807, 2.05) is 6.07 Å². The predicted octanol–water partition coefficient (Wildman–Crippen LogP) is 1.59. The number of ether oxygens (including phenoxy) is 1. The van der Waals surface area contributed by atoms with Gasteiger partial charge in [-0.15, -0.1) is 0 Å². The van der Waals surface area contributed by atoms with Crippen LogP contribution in [0.5, 0.6) is 0 Å². The van der Waals surface area contributed by atoms with Crippen LogP contribution in [-0.4, -0.2) is 31.2 Å². The van der Waals surface area contributed by atoms with E-state index in [2.05, 4.69) is 17.0 Å². The molecule has 1 atom stereocenters. The van der Waals surface area contributed by atoms with Gasteiger partial charge in [-0.1, -0.05) is 6.07 Å². The van der Waals surface area contributed by atoms with Crippen LogP contribution in [0.2, 0.25) is 0 Å². The maximum atomic E-state index is 5.88. The molecular formula is C13H18N2O. The van der Waals surface area contributed by atoms with E-state index < -0.39 is 0 Å². The van der Waals surface area contributed by atoms with Crippen LogP contribution in [0.25, 0.3) is 0 Å². The maximum Gasteiger partial charge on any atom is 0.0594 e. The Balaban J connectivity index is 1.86. The van der Waals surface area contributed by atoms with Crippen LogP contribution in [0, 0.1) is 0 Å². The first kappa shape index (κ1) is 10.1. The molecule has 1 fully saturated rings. The van der Waals surface area contributed by atoms with Crippen molar-refractivity contribution in [3.8, 4) is 0 Å². The predicted molar refractivity (Wildman–Crippen MR) is 64.3 cm³/mol. The molecule has 1 aliphatic heterocycles. The Morgan fingerprint density at radius 3 is 2.88 bits per heavy atom. The lowest BCUT2D eigenvalue weighted by atomic mass is 10.1. The number of nitrogens with zero attached hydrogens (tertiary/aromatic N) is 1. The number of nitrogen functional groups attached to an aromatic ring is 1. The molecule has 1 aliphatic carbocycles. The summed E-state index contributed by atoms with van der Waals surface area (Å²) < 4.78 is 5.40. The van der Waals surface area contributed by atoms with Gasteiger partial charge >= 0.3 is 0 Å². The second-order valence-corrected chi connectivity index (χ2v) is 4.66. The van der Waals surface area contributed by atoms with Crippen LogP contribution in [0.3, 0.4) is 0 Å². The van der Waals surface area contributed by atoms with E-state index in [-0.39, 0.29) is 0 Å². The molecular weight excluding hydrogens is 200 g/mol. The zero-order chi connectivity index (χ0) is 11.0. The van der Waals surface area contributed by atoms with Crippen molar-refractivity contribution >= 4 is 5.69 Å². The van der Waals surface area contributed by atoms with Crippen molar-refractivity contribution in [1.29, 1.82) is 0 Å². The zero-order valence-electron chi connectivity index (χ0n) is 9.48. The lowest BCUT2D eigenvalue weighted by Crippen LogP contribution is -2.38. The summed E-state index contributed by atoms with van der Waals surface area (Å²) in [7, 11) is 0. The molecule has 3 heteroatoms. The van der Waals surface area contributed by atoms with Crippen LogP contribution in [0.15, 0.2) is 18.2 Å². The summed E-state index contributed by atoms with van der Waals surface area (Å²) in [5.74, 6) is 0. The van der Waals surface area contributed by atoms with Gasteiger partial charge in [-0.3, -0.25) is 4.90 Å². The summed E-state index contributed by atoms with van der Waals surface area (Å²) in [6, 6.07) is 6.93. The van der Waals surface area contributed by atoms with Gasteiger partial charge in [-0.25, -0.2) is 0 Å². The van der Waals surface area contributed by atoms with Crippen LogP contribution in [0.1, 0.15) is 23.6 Å². The van der Waals surface area contributed by atoms with Crippen molar-refractivity contribution in [2.45, 2.75) is 18.9 Å². The minimum absolute atomic E-state index is 0.572. The number of anilines is 1. The summed E-state index contributed by atoms with van der Waals surface area (Å²) in [6.45, 7) is 3.85. The number of hydrogen-bond donors (Lipinski definition) is 1. The van der Waals surface area contributed by atoms with Crippen molar-refractivity contribution < 1.29 is 4.74 Å². The van der Waals surface area contributed by atoms with E-state index in [9.17, 15) is 0 Å². The molecule has 0 bridgehead atoms. The summed E-state index contributed by atoms with van der Waals surface area (Å²) in [6.07, 6.45) is 2.43. The SMILES string of the molecule is Nc1ccc2c(c1)C(N1CCOCC1)CC2. The normalized spacial score (nSPS) is 25.6. The Morgan fingerprint density at radius 1 is 1.25 bits per heavy atom. The van der Waals surface area contributed by atoms with Gasteiger partial charge in [-0.05, 0) is 36.1 Å². The van der Waals surface area contributed by atoms with Gasteiger partial charge in [0.05, 0.1) is 13.2 Å². The summed E-state index contributed by atoms with van der Waals surface area (Å²) in [4.78, 5) is 2.54. The summed E-state index contributed by atoms with van der Waals surface area (Å²) in [5.41, 5.74) is 9.69. The number of hydrogen-bond acceptors (Lipinski definition) is 3. The van der Waals surface area contributed by atoms with Crippen molar-refractivity contribution in [3.63, 3.8) is 0 Å². The van der Waals surface area contributed by atoms with Gasteiger partial charge in [0, 0.05) is 24.8 Å². The fourth-order valence-electron chi connectivity index (χ4n) is 2.87. The molecule has 16 heavy (non-hydrogen) atoms.